The zero-order valence-electron chi connectivity index (χ0n) is 27.3. The number of morpholine rings is 1. The molecule has 242 valence electrons. The SMILES string of the molecule is C[C@@H]1C[C@H](CI)O[C@H]2[C@H]1[C@@]1(C)CCC34C[C@@]35CC[C@H](O[C@H]3CN(C(=O)CC6CC6)CCO3)C(C)(C)[C@@H]5CC[C@H]4[C@]1(C)[C@H]2O. The van der Waals surface area contributed by atoms with E-state index in [1.54, 1.807) is 0 Å². The van der Waals surface area contributed by atoms with Crippen LogP contribution in [0.1, 0.15) is 105 Å². The number of alkyl halides is 1. The van der Waals surface area contributed by atoms with E-state index in [2.05, 4.69) is 57.2 Å². The van der Waals surface area contributed by atoms with E-state index < -0.39 is 0 Å². The third-order valence-electron chi connectivity index (χ3n) is 15.8. The number of fused-ring (bicyclic) bond motifs is 4. The van der Waals surface area contributed by atoms with Gasteiger partial charge >= 0.3 is 0 Å². The first kappa shape index (κ1) is 30.4. The first-order valence-corrected chi connectivity index (χ1v) is 19.4. The van der Waals surface area contributed by atoms with Gasteiger partial charge in [-0.25, -0.2) is 0 Å². The lowest BCUT2D eigenvalue weighted by molar-refractivity contribution is -0.248. The van der Waals surface area contributed by atoms with Gasteiger partial charge in [-0.2, -0.15) is 0 Å². The van der Waals surface area contributed by atoms with Crippen molar-refractivity contribution in [1.29, 1.82) is 0 Å². The van der Waals surface area contributed by atoms with E-state index in [1.807, 2.05) is 4.90 Å². The van der Waals surface area contributed by atoms with Crippen molar-refractivity contribution in [2.24, 2.45) is 56.7 Å². The van der Waals surface area contributed by atoms with Crippen molar-refractivity contribution in [1.82, 2.24) is 4.90 Å². The van der Waals surface area contributed by atoms with Gasteiger partial charge in [-0.3, -0.25) is 4.79 Å². The number of carbonyl (C=O) groups excluding carboxylic acids is 1. The molecule has 0 aromatic rings. The molecule has 8 aliphatic rings. The van der Waals surface area contributed by atoms with E-state index in [9.17, 15) is 9.90 Å². The summed E-state index contributed by atoms with van der Waals surface area (Å²) >= 11 is 2.47. The summed E-state index contributed by atoms with van der Waals surface area (Å²) in [5.74, 6) is 3.18. The number of hydrogen-bond acceptors (Lipinski definition) is 5. The van der Waals surface area contributed by atoms with Gasteiger partial charge in [-0.05, 0) is 115 Å². The second kappa shape index (κ2) is 10.0. The Morgan fingerprint density at radius 1 is 1.02 bits per heavy atom. The number of aliphatic hydroxyl groups is 1. The molecule has 2 saturated heterocycles. The molecule has 13 atom stereocenters. The maximum Gasteiger partial charge on any atom is 0.223 e. The third-order valence-corrected chi connectivity index (χ3v) is 16.8. The molecule has 0 bridgehead atoms. The average Bonchev–Trinajstić information content (AvgIpc) is 3.90. The van der Waals surface area contributed by atoms with Crippen molar-refractivity contribution < 1.29 is 24.1 Å². The van der Waals surface area contributed by atoms with Crippen LogP contribution >= 0.6 is 22.6 Å². The van der Waals surface area contributed by atoms with Crippen LogP contribution in [0, 0.1) is 56.7 Å². The molecule has 6 nitrogen and oxygen atoms in total. The highest BCUT2D eigenvalue weighted by Gasteiger charge is 2.84. The Hall–Kier alpha value is 0.0400. The standard InChI is InChI=1S/C36H56INO5/c1-21-16-23(18-37)42-30-29(21)33(4)12-13-36-20-35(36)11-10-26(32(2,3)24(35)8-9-25(36)34(33,5)31(30)40)43-28-19-38(14-15-41-28)27(39)17-22-6-7-22/h21-26,28-31,40H,6-20H2,1-5H3/t21-,23-,24+,25+,26+,28+,29+,30+,31+,33-,34-,35-,36?/m1/s1. The smallest absolute Gasteiger partial charge is 0.223 e. The highest BCUT2D eigenvalue weighted by Crippen LogP contribution is 2.89. The molecule has 1 N–H and O–H groups in total. The molecule has 7 heteroatoms. The van der Waals surface area contributed by atoms with Gasteiger partial charge in [0.2, 0.25) is 5.91 Å². The van der Waals surface area contributed by atoms with Gasteiger partial charge in [0.15, 0.2) is 6.29 Å². The molecule has 2 aliphatic heterocycles. The molecule has 1 unspecified atom stereocenters. The average molecular weight is 710 g/mol. The molecular formula is C36H56INO5. The normalized spacial score (nSPS) is 55.0. The Bertz CT molecular complexity index is 1140. The van der Waals surface area contributed by atoms with Gasteiger partial charge in [-0.15, -0.1) is 0 Å². The summed E-state index contributed by atoms with van der Waals surface area (Å²) in [5, 5.41) is 12.3. The number of hydrogen-bond donors (Lipinski definition) is 1. The molecule has 0 aromatic heterocycles. The van der Waals surface area contributed by atoms with Crippen LogP contribution in [-0.4, -0.2) is 70.7 Å². The Morgan fingerprint density at radius 3 is 2.51 bits per heavy atom. The van der Waals surface area contributed by atoms with Crippen molar-refractivity contribution >= 4 is 28.5 Å². The van der Waals surface area contributed by atoms with E-state index in [-0.39, 0.29) is 52.9 Å². The summed E-state index contributed by atoms with van der Waals surface area (Å²) in [4.78, 5) is 14.9. The number of aliphatic hydroxyl groups excluding tert-OH is 1. The van der Waals surface area contributed by atoms with Crippen LogP contribution in [0.15, 0.2) is 0 Å². The minimum Gasteiger partial charge on any atom is -0.390 e. The zero-order valence-corrected chi connectivity index (χ0v) is 29.4. The third kappa shape index (κ3) is 4.05. The summed E-state index contributed by atoms with van der Waals surface area (Å²) in [6, 6.07) is 0. The van der Waals surface area contributed by atoms with Gasteiger partial charge in [-0.1, -0.05) is 57.2 Å². The van der Waals surface area contributed by atoms with E-state index in [0.29, 0.717) is 66.5 Å². The van der Waals surface area contributed by atoms with Gasteiger partial charge in [0.1, 0.15) is 0 Å². The number of carbonyl (C=O) groups is 1. The maximum absolute atomic E-state index is 12.9. The topological polar surface area (TPSA) is 68.2 Å². The summed E-state index contributed by atoms with van der Waals surface area (Å²) in [5.41, 5.74) is 0.850. The van der Waals surface area contributed by atoms with Crippen LogP contribution in [0.4, 0.5) is 0 Å². The molecule has 2 heterocycles. The second-order valence-corrected chi connectivity index (χ2v) is 18.6. The summed E-state index contributed by atoms with van der Waals surface area (Å²) in [6.07, 6.45) is 12.7. The Morgan fingerprint density at radius 2 is 1.77 bits per heavy atom. The molecule has 8 fully saturated rings. The molecule has 8 rings (SSSR count). The lowest BCUT2D eigenvalue weighted by Gasteiger charge is -2.64. The van der Waals surface area contributed by atoms with Crippen LogP contribution in [0.25, 0.3) is 0 Å². The van der Waals surface area contributed by atoms with Crippen molar-refractivity contribution in [2.45, 2.75) is 136 Å². The molecule has 0 aromatic carbocycles. The van der Waals surface area contributed by atoms with E-state index >= 15 is 0 Å². The summed E-state index contributed by atoms with van der Waals surface area (Å²) in [7, 11) is 0. The van der Waals surface area contributed by atoms with Crippen molar-refractivity contribution in [3.8, 4) is 0 Å². The van der Waals surface area contributed by atoms with Crippen molar-refractivity contribution in [3.05, 3.63) is 0 Å². The van der Waals surface area contributed by atoms with Gasteiger partial charge in [0.05, 0.1) is 37.6 Å². The highest BCUT2D eigenvalue weighted by atomic mass is 127. The monoisotopic (exact) mass is 709 g/mol. The van der Waals surface area contributed by atoms with Gasteiger partial charge in [0, 0.05) is 22.8 Å². The minimum atomic E-state index is -0.367. The fraction of sp³-hybridized carbons (Fsp3) is 0.972. The lowest BCUT2D eigenvalue weighted by atomic mass is 9.41. The summed E-state index contributed by atoms with van der Waals surface area (Å²) in [6.45, 7) is 14.3. The molecular weight excluding hydrogens is 653 g/mol. The number of amides is 1. The van der Waals surface area contributed by atoms with Crippen LogP contribution in [-0.2, 0) is 19.0 Å². The number of halogens is 1. The Kier molecular flexibility index (Phi) is 7.08. The van der Waals surface area contributed by atoms with Crippen LogP contribution in [0.3, 0.4) is 0 Å². The molecule has 2 spiro atoms. The first-order valence-electron chi connectivity index (χ1n) is 17.9. The molecule has 0 radical (unpaired) electrons. The van der Waals surface area contributed by atoms with Crippen molar-refractivity contribution in [2.75, 3.05) is 24.1 Å². The molecule has 6 aliphatic carbocycles. The number of rotatable bonds is 5. The Labute approximate surface area is 273 Å². The van der Waals surface area contributed by atoms with Crippen LogP contribution in [0.2, 0.25) is 0 Å². The minimum absolute atomic E-state index is 0.00659. The van der Waals surface area contributed by atoms with Crippen LogP contribution in [0.5, 0.6) is 0 Å². The molecule has 6 saturated carbocycles. The van der Waals surface area contributed by atoms with E-state index in [4.69, 9.17) is 14.2 Å². The largest absolute Gasteiger partial charge is 0.390 e. The number of nitrogens with zero attached hydrogens (tertiary/aromatic N) is 1. The van der Waals surface area contributed by atoms with Crippen molar-refractivity contribution in [3.63, 3.8) is 0 Å². The van der Waals surface area contributed by atoms with Crippen LogP contribution < -0.4 is 0 Å². The predicted molar refractivity (Wildman–Crippen MR) is 174 cm³/mol. The molecule has 1 amide bonds. The van der Waals surface area contributed by atoms with Gasteiger partial charge in [0.25, 0.3) is 0 Å². The quantitative estimate of drug-likeness (QED) is 0.258. The number of ether oxygens (including phenoxy) is 3. The fourth-order valence-corrected chi connectivity index (χ4v) is 14.1. The van der Waals surface area contributed by atoms with Gasteiger partial charge < -0.3 is 24.2 Å². The maximum atomic E-state index is 12.9. The van der Waals surface area contributed by atoms with E-state index in [0.717, 1.165) is 17.3 Å². The zero-order chi connectivity index (χ0) is 30.2. The summed E-state index contributed by atoms with van der Waals surface area (Å²) < 4.78 is 20.7. The fourth-order valence-electron chi connectivity index (χ4n) is 13.5. The predicted octanol–water partition coefficient (Wildman–Crippen LogP) is 6.61. The second-order valence-electron chi connectivity index (χ2n) is 17.7. The molecule has 43 heavy (non-hydrogen) atoms. The first-order chi connectivity index (χ1) is 20.4. The van der Waals surface area contributed by atoms with E-state index in [1.165, 1.54) is 51.4 Å². The Balaban J connectivity index is 1.01. The lowest BCUT2D eigenvalue weighted by Crippen LogP contribution is -2.60. The highest BCUT2D eigenvalue weighted by molar-refractivity contribution is 14.1.